The molecule has 0 radical (unpaired) electrons. The van der Waals surface area contributed by atoms with Crippen molar-refractivity contribution in [2.75, 3.05) is 44.7 Å². The fourth-order valence-corrected chi connectivity index (χ4v) is 3.18. The largest absolute Gasteiger partial charge is 0.368 e. The molecule has 2 aliphatic heterocycles. The van der Waals surface area contributed by atoms with Crippen LogP contribution in [0.3, 0.4) is 0 Å². The molecule has 3 amide bonds. The molecular weight excluding hydrogens is 339 g/mol. The molecule has 0 bridgehead atoms. The van der Waals surface area contributed by atoms with Crippen LogP contribution in [0.4, 0.5) is 10.5 Å². The fourth-order valence-electron chi connectivity index (χ4n) is 2.89. The molecule has 1 N–H and O–H groups in total. The van der Waals surface area contributed by atoms with Gasteiger partial charge in [-0.25, -0.2) is 4.79 Å². The van der Waals surface area contributed by atoms with Gasteiger partial charge >= 0.3 is 6.03 Å². The van der Waals surface area contributed by atoms with Crippen molar-refractivity contribution in [2.45, 2.75) is 6.04 Å². The van der Waals surface area contributed by atoms with Crippen LogP contribution in [0, 0.1) is 0 Å². The molecule has 0 spiro atoms. The van der Waals surface area contributed by atoms with Crippen LogP contribution in [0.25, 0.3) is 0 Å². The summed E-state index contributed by atoms with van der Waals surface area (Å²) in [6.07, 6.45) is 0. The van der Waals surface area contributed by atoms with Gasteiger partial charge in [0.15, 0.2) is 0 Å². The van der Waals surface area contributed by atoms with Crippen molar-refractivity contribution < 1.29 is 9.59 Å². The zero-order valence-electron chi connectivity index (χ0n) is 12.8. The Balaban J connectivity index is 1.59. The van der Waals surface area contributed by atoms with Crippen molar-refractivity contribution in [3.8, 4) is 0 Å². The van der Waals surface area contributed by atoms with Gasteiger partial charge in [0, 0.05) is 38.9 Å². The van der Waals surface area contributed by atoms with Gasteiger partial charge in [0.05, 0.1) is 16.6 Å². The molecule has 8 heteroatoms. The van der Waals surface area contributed by atoms with E-state index in [-0.39, 0.29) is 11.9 Å². The molecule has 0 aromatic heterocycles. The number of benzene rings is 1. The average molecular weight is 357 g/mol. The summed E-state index contributed by atoms with van der Waals surface area (Å²) < 4.78 is 0. The first kappa shape index (κ1) is 16.2. The lowest BCUT2D eigenvalue weighted by molar-refractivity contribution is -0.133. The molecular formula is C15H18Cl2N4O2. The predicted molar refractivity (Wildman–Crippen MR) is 90.2 cm³/mol. The Morgan fingerprint density at radius 3 is 2.43 bits per heavy atom. The molecule has 2 heterocycles. The SMILES string of the molecule is CN1CC(C(=O)N2CCN(c3ccc(Cl)c(Cl)c3)CC2)NC1=O. The Labute approximate surface area is 144 Å². The van der Waals surface area contributed by atoms with Crippen LogP contribution in [-0.4, -0.2) is 67.6 Å². The van der Waals surface area contributed by atoms with E-state index < -0.39 is 6.04 Å². The topological polar surface area (TPSA) is 55.9 Å². The first-order valence-electron chi connectivity index (χ1n) is 7.46. The van der Waals surface area contributed by atoms with Crippen LogP contribution in [0.15, 0.2) is 18.2 Å². The van der Waals surface area contributed by atoms with Gasteiger partial charge in [0.25, 0.3) is 0 Å². The Hall–Kier alpha value is -1.66. The third kappa shape index (κ3) is 3.33. The monoisotopic (exact) mass is 356 g/mol. The Morgan fingerprint density at radius 1 is 1.17 bits per heavy atom. The van der Waals surface area contributed by atoms with E-state index >= 15 is 0 Å². The van der Waals surface area contributed by atoms with E-state index in [9.17, 15) is 9.59 Å². The second-order valence-electron chi connectivity index (χ2n) is 5.79. The lowest BCUT2D eigenvalue weighted by atomic mass is 10.2. The summed E-state index contributed by atoms with van der Waals surface area (Å²) in [6, 6.07) is 4.91. The number of nitrogens with one attached hydrogen (secondary N) is 1. The Morgan fingerprint density at radius 2 is 1.87 bits per heavy atom. The third-order valence-corrected chi connectivity index (χ3v) is 5.00. The number of carbonyl (C=O) groups excluding carboxylic acids is 2. The maximum atomic E-state index is 12.5. The number of hydrogen-bond acceptors (Lipinski definition) is 3. The lowest BCUT2D eigenvalue weighted by Crippen LogP contribution is -2.54. The van der Waals surface area contributed by atoms with Gasteiger partial charge in [0.2, 0.25) is 5.91 Å². The number of urea groups is 1. The second kappa shape index (κ2) is 6.45. The Bertz CT molecular complexity index is 632. The summed E-state index contributed by atoms with van der Waals surface area (Å²) in [5.41, 5.74) is 1.00. The first-order chi connectivity index (χ1) is 11.0. The normalized spacial score (nSPS) is 21.6. The minimum atomic E-state index is -0.441. The van der Waals surface area contributed by atoms with Crippen molar-refractivity contribution in [3.63, 3.8) is 0 Å². The number of anilines is 1. The molecule has 0 saturated carbocycles. The van der Waals surface area contributed by atoms with Crippen molar-refractivity contribution in [3.05, 3.63) is 28.2 Å². The van der Waals surface area contributed by atoms with Gasteiger partial charge in [-0.3, -0.25) is 4.79 Å². The molecule has 3 rings (SSSR count). The van der Waals surface area contributed by atoms with Gasteiger partial charge in [-0.2, -0.15) is 0 Å². The van der Waals surface area contributed by atoms with Crippen LogP contribution in [0.2, 0.25) is 10.0 Å². The summed E-state index contributed by atoms with van der Waals surface area (Å²) in [5, 5.41) is 3.77. The third-order valence-electron chi connectivity index (χ3n) is 4.26. The van der Waals surface area contributed by atoms with Crippen LogP contribution < -0.4 is 10.2 Å². The first-order valence-corrected chi connectivity index (χ1v) is 8.21. The smallest absolute Gasteiger partial charge is 0.317 e. The summed E-state index contributed by atoms with van der Waals surface area (Å²) in [7, 11) is 1.69. The molecule has 2 saturated heterocycles. The quantitative estimate of drug-likeness (QED) is 0.876. The van der Waals surface area contributed by atoms with E-state index in [0.29, 0.717) is 29.7 Å². The fraction of sp³-hybridized carbons (Fsp3) is 0.467. The van der Waals surface area contributed by atoms with E-state index in [2.05, 4.69) is 10.2 Å². The minimum Gasteiger partial charge on any atom is -0.368 e. The van der Waals surface area contributed by atoms with Crippen molar-refractivity contribution in [1.29, 1.82) is 0 Å². The van der Waals surface area contributed by atoms with E-state index in [0.717, 1.165) is 18.8 Å². The van der Waals surface area contributed by atoms with E-state index in [1.165, 1.54) is 4.90 Å². The molecule has 0 aliphatic carbocycles. The van der Waals surface area contributed by atoms with Gasteiger partial charge in [-0.1, -0.05) is 23.2 Å². The Kier molecular flexibility index (Phi) is 4.55. The maximum Gasteiger partial charge on any atom is 0.317 e. The molecule has 23 heavy (non-hydrogen) atoms. The van der Waals surface area contributed by atoms with Crippen LogP contribution >= 0.6 is 23.2 Å². The van der Waals surface area contributed by atoms with Gasteiger partial charge in [-0.05, 0) is 18.2 Å². The van der Waals surface area contributed by atoms with Crippen LogP contribution in [-0.2, 0) is 4.79 Å². The highest BCUT2D eigenvalue weighted by atomic mass is 35.5. The van der Waals surface area contributed by atoms with Gasteiger partial charge in [0.1, 0.15) is 6.04 Å². The van der Waals surface area contributed by atoms with Crippen molar-refractivity contribution in [1.82, 2.24) is 15.1 Å². The lowest BCUT2D eigenvalue weighted by Gasteiger charge is -2.37. The number of rotatable bonds is 2. The summed E-state index contributed by atoms with van der Waals surface area (Å²) in [5.74, 6) is -0.0171. The van der Waals surface area contributed by atoms with E-state index in [4.69, 9.17) is 23.2 Å². The number of halogens is 2. The number of likely N-dealkylation sites (N-methyl/N-ethyl adjacent to an activating group) is 1. The number of nitrogens with zero attached hydrogens (tertiary/aromatic N) is 3. The summed E-state index contributed by atoms with van der Waals surface area (Å²) >= 11 is 12.0. The number of piperazine rings is 1. The second-order valence-corrected chi connectivity index (χ2v) is 6.61. The highest BCUT2D eigenvalue weighted by Crippen LogP contribution is 2.27. The molecule has 6 nitrogen and oxygen atoms in total. The molecule has 1 aromatic carbocycles. The number of amides is 3. The van der Waals surface area contributed by atoms with Crippen molar-refractivity contribution in [2.24, 2.45) is 0 Å². The number of carbonyl (C=O) groups is 2. The zero-order chi connectivity index (χ0) is 16.6. The summed E-state index contributed by atoms with van der Waals surface area (Å²) in [4.78, 5) is 29.4. The van der Waals surface area contributed by atoms with Gasteiger partial charge in [-0.15, -0.1) is 0 Å². The molecule has 124 valence electrons. The van der Waals surface area contributed by atoms with Crippen LogP contribution in [0.5, 0.6) is 0 Å². The highest BCUT2D eigenvalue weighted by molar-refractivity contribution is 6.42. The maximum absolute atomic E-state index is 12.5. The van der Waals surface area contributed by atoms with Gasteiger partial charge < -0.3 is 20.0 Å². The minimum absolute atomic E-state index is 0.0171. The highest BCUT2D eigenvalue weighted by Gasteiger charge is 2.35. The molecule has 1 unspecified atom stereocenters. The molecule has 1 aromatic rings. The van der Waals surface area contributed by atoms with Crippen LogP contribution in [0.1, 0.15) is 0 Å². The van der Waals surface area contributed by atoms with E-state index in [1.807, 2.05) is 12.1 Å². The molecule has 2 fully saturated rings. The predicted octanol–water partition coefficient (Wildman–Crippen LogP) is 1.67. The molecule has 2 aliphatic rings. The zero-order valence-corrected chi connectivity index (χ0v) is 14.3. The summed E-state index contributed by atoms with van der Waals surface area (Å²) in [6.45, 7) is 3.11. The number of hydrogen-bond donors (Lipinski definition) is 1. The average Bonchev–Trinajstić information content (AvgIpc) is 2.89. The van der Waals surface area contributed by atoms with Crippen molar-refractivity contribution >= 4 is 40.8 Å². The standard InChI is InChI=1S/C15H18Cl2N4O2/c1-19-9-13(18-15(19)23)14(22)21-6-4-20(5-7-21)10-2-3-11(16)12(17)8-10/h2-3,8,13H,4-7,9H2,1H3,(H,18,23). The van der Waals surface area contributed by atoms with E-state index in [1.54, 1.807) is 18.0 Å². The molecule has 1 atom stereocenters.